The summed E-state index contributed by atoms with van der Waals surface area (Å²) in [6, 6.07) is 17.9. The van der Waals surface area contributed by atoms with Crippen LogP contribution in [0.15, 0.2) is 60.7 Å². The smallest absolute Gasteiger partial charge is 0.259 e. The van der Waals surface area contributed by atoms with Gasteiger partial charge in [0.15, 0.2) is 0 Å². The Labute approximate surface area is 237 Å². The lowest BCUT2D eigenvalue weighted by molar-refractivity contribution is 0.0952. The maximum absolute atomic E-state index is 13.2. The van der Waals surface area contributed by atoms with Crippen LogP contribution in [0.3, 0.4) is 0 Å². The van der Waals surface area contributed by atoms with Crippen LogP contribution in [0.2, 0.25) is 0 Å². The van der Waals surface area contributed by atoms with E-state index in [9.17, 15) is 14.7 Å². The SMILES string of the molecule is CCCCCCCCCCCCNC(=O)c1ccc2cc(O)c(C(=O)Nc3cc(C)nc4ccccc34)cc2c1. The van der Waals surface area contributed by atoms with Crippen molar-refractivity contribution < 1.29 is 14.7 Å². The summed E-state index contributed by atoms with van der Waals surface area (Å²) in [5, 5.41) is 18.9. The van der Waals surface area contributed by atoms with Crippen LogP contribution in [0.1, 0.15) is 97.5 Å². The van der Waals surface area contributed by atoms with Gasteiger partial charge in [0.05, 0.1) is 16.8 Å². The van der Waals surface area contributed by atoms with Crippen LogP contribution in [-0.4, -0.2) is 28.4 Å². The maximum atomic E-state index is 13.2. The average Bonchev–Trinajstić information content (AvgIpc) is 2.95. The molecule has 0 aliphatic carbocycles. The number of amides is 2. The van der Waals surface area contributed by atoms with E-state index < -0.39 is 5.91 Å². The minimum atomic E-state index is -0.425. The van der Waals surface area contributed by atoms with Crippen molar-refractivity contribution in [3.8, 4) is 5.75 Å². The molecular formula is C34H41N3O3. The number of hydrogen-bond acceptors (Lipinski definition) is 4. The van der Waals surface area contributed by atoms with Crippen molar-refractivity contribution in [2.45, 2.75) is 78.1 Å². The van der Waals surface area contributed by atoms with Gasteiger partial charge in [0.1, 0.15) is 5.75 Å². The summed E-state index contributed by atoms with van der Waals surface area (Å²) in [5.41, 5.74) is 2.88. The number of phenols is 1. The lowest BCUT2D eigenvalue weighted by Crippen LogP contribution is -2.24. The molecule has 0 unspecified atom stereocenters. The van der Waals surface area contributed by atoms with Gasteiger partial charge in [0.2, 0.25) is 0 Å². The Hall–Kier alpha value is -3.93. The highest BCUT2D eigenvalue weighted by Crippen LogP contribution is 2.29. The number of benzene rings is 3. The molecule has 1 heterocycles. The molecule has 4 aromatic rings. The highest BCUT2D eigenvalue weighted by Gasteiger charge is 2.16. The molecule has 4 rings (SSSR count). The van der Waals surface area contributed by atoms with Crippen LogP contribution >= 0.6 is 0 Å². The Morgan fingerprint density at radius 1 is 0.775 bits per heavy atom. The number of rotatable bonds is 14. The maximum Gasteiger partial charge on any atom is 0.259 e. The quantitative estimate of drug-likeness (QED) is 0.141. The summed E-state index contributed by atoms with van der Waals surface area (Å²) >= 11 is 0. The van der Waals surface area contributed by atoms with E-state index in [1.54, 1.807) is 30.3 Å². The van der Waals surface area contributed by atoms with Gasteiger partial charge in [-0.05, 0) is 60.5 Å². The Balaban J connectivity index is 1.34. The highest BCUT2D eigenvalue weighted by atomic mass is 16.3. The molecule has 0 aliphatic heterocycles. The molecule has 0 aliphatic rings. The van der Waals surface area contributed by atoms with Crippen LogP contribution in [0.25, 0.3) is 21.7 Å². The second-order valence-corrected chi connectivity index (χ2v) is 10.7. The lowest BCUT2D eigenvalue weighted by atomic mass is 10.0. The third-order valence-electron chi connectivity index (χ3n) is 7.37. The van der Waals surface area contributed by atoms with Gasteiger partial charge >= 0.3 is 0 Å². The van der Waals surface area contributed by atoms with Gasteiger partial charge in [-0.15, -0.1) is 0 Å². The topological polar surface area (TPSA) is 91.3 Å². The summed E-state index contributed by atoms with van der Waals surface area (Å²) in [6.07, 6.45) is 12.6. The Morgan fingerprint density at radius 3 is 2.23 bits per heavy atom. The number of unbranched alkanes of at least 4 members (excludes halogenated alkanes) is 9. The number of phenolic OH excluding ortho intramolecular Hbond substituents is 1. The number of anilines is 1. The van der Waals surface area contributed by atoms with Crippen molar-refractivity contribution in [3.63, 3.8) is 0 Å². The van der Waals surface area contributed by atoms with Crippen molar-refractivity contribution in [2.24, 2.45) is 0 Å². The van der Waals surface area contributed by atoms with E-state index in [0.29, 0.717) is 23.2 Å². The number of nitrogens with one attached hydrogen (secondary N) is 2. The Kier molecular flexibility index (Phi) is 10.5. The van der Waals surface area contributed by atoms with Crippen molar-refractivity contribution in [2.75, 3.05) is 11.9 Å². The molecule has 3 aromatic carbocycles. The highest BCUT2D eigenvalue weighted by molar-refractivity contribution is 6.12. The number of aryl methyl sites for hydroxylation is 1. The molecule has 0 radical (unpaired) electrons. The predicted molar refractivity (Wildman–Crippen MR) is 164 cm³/mol. The third-order valence-corrected chi connectivity index (χ3v) is 7.37. The van der Waals surface area contributed by atoms with Crippen molar-refractivity contribution in [1.29, 1.82) is 0 Å². The van der Waals surface area contributed by atoms with Gasteiger partial charge in [-0.3, -0.25) is 14.6 Å². The molecule has 40 heavy (non-hydrogen) atoms. The van der Waals surface area contributed by atoms with Gasteiger partial charge in [-0.1, -0.05) is 89.0 Å². The van der Waals surface area contributed by atoms with Gasteiger partial charge in [0.25, 0.3) is 11.8 Å². The first kappa shape index (κ1) is 29.1. The molecule has 0 bridgehead atoms. The zero-order valence-corrected chi connectivity index (χ0v) is 23.8. The number of para-hydroxylation sites is 1. The Morgan fingerprint density at radius 2 is 1.48 bits per heavy atom. The number of nitrogens with zero attached hydrogens (tertiary/aromatic N) is 1. The number of aromatic nitrogens is 1. The van der Waals surface area contributed by atoms with E-state index in [4.69, 9.17) is 0 Å². The minimum absolute atomic E-state index is 0.113. The van der Waals surface area contributed by atoms with Crippen molar-refractivity contribution in [3.05, 3.63) is 77.5 Å². The molecule has 3 N–H and O–H groups in total. The molecule has 0 atom stereocenters. The third kappa shape index (κ3) is 7.81. The van der Waals surface area contributed by atoms with Crippen LogP contribution in [-0.2, 0) is 0 Å². The van der Waals surface area contributed by atoms with Crippen LogP contribution in [0.4, 0.5) is 5.69 Å². The monoisotopic (exact) mass is 539 g/mol. The molecule has 0 saturated heterocycles. The van der Waals surface area contributed by atoms with Crippen LogP contribution < -0.4 is 10.6 Å². The van der Waals surface area contributed by atoms with Crippen LogP contribution in [0.5, 0.6) is 5.75 Å². The summed E-state index contributed by atoms with van der Waals surface area (Å²) in [4.78, 5) is 30.5. The number of fused-ring (bicyclic) bond motifs is 2. The van der Waals surface area contributed by atoms with Gasteiger partial charge in [-0.25, -0.2) is 0 Å². The summed E-state index contributed by atoms with van der Waals surface area (Å²) in [5.74, 6) is -0.667. The zero-order chi connectivity index (χ0) is 28.3. The number of pyridine rings is 1. The molecule has 6 heteroatoms. The first-order chi connectivity index (χ1) is 19.5. The van der Waals surface area contributed by atoms with Crippen molar-refractivity contribution >= 4 is 39.2 Å². The van der Waals surface area contributed by atoms with Crippen LogP contribution in [0, 0.1) is 6.92 Å². The minimum Gasteiger partial charge on any atom is -0.507 e. The second kappa shape index (κ2) is 14.5. The molecule has 2 amide bonds. The molecule has 0 saturated carbocycles. The molecule has 1 aromatic heterocycles. The van der Waals surface area contributed by atoms with Gasteiger partial charge < -0.3 is 15.7 Å². The molecule has 6 nitrogen and oxygen atoms in total. The molecule has 0 spiro atoms. The largest absolute Gasteiger partial charge is 0.507 e. The number of carbonyl (C=O) groups excluding carboxylic acids is 2. The normalized spacial score (nSPS) is 11.2. The first-order valence-electron chi connectivity index (χ1n) is 14.7. The van der Waals surface area contributed by atoms with E-state index in [1.807, 2.05) is 37.3 Å². The molecule has 210 valence electrons. The zero-order valence-electron chi connectivity index (χ0n) is 23.8. The summed E-state index contributed by atoms with van der Waals surface area (Å²) in [6.45, 7) is 4.77. The summed E-state index contributed by atoms with van der Waals surface area (Å²) < 4.78 is 0. The fourth-order valence-electron chi connectivity index (χ4n) is 5.13. The fourth-order valence-corrected chi connectivity index (χ4v) is 5.13. The van der Waals surface area contributed by atoms with E-state index >= 15 is 0 Å². The van der Waals surface area contributed by atoms with E-state index in [-0.39, 0.29) is 17.2 Å². The molecule has 0 fully saturated rings. The van der Waals surface area contributed by atoms with E-state index in [1.165, 1.54) is 51.4 Å². The van der Waals surface area contributed by atoms with Crippen molar-refractivity contribution in [1.82, 2.24) is 10.3 Å². The molecular weight excluding hydrogens is 498 g/mol. The van der Waals surface area contributed by atoms with E-state index in [2.05, 4.69) is 22.5 Å². The predicted octanol–water partition coefficient (Wildman–Crippen LogP) is 8.31. The second-order valence-electron chi connectivity index (χ2n) is 10.7. The Bertz CT molecular complexity index is 1460. The number of hydrogen-bond donors (Lipinski definition) is 3. The fraction of sp³-hybridized carbons (Fsp3) is 0.382. The van der Waals surface area contributed by atoms with Gasteiger partial charge in [0, 0.05) is 23.2 Å². The summed E-state index contributed by atoms with van der Waals surface area (Å²) in [7, 11) is 0. The average molecular weight is 540 g/mol. The number of carbonyl (C=O) groups is 2. The lowest BCUT2D eigenvalue weighted by Gasteiger charge is -2.12. The van der Waals surface area contributed by atoms with Gasteiger partial charge in [-0.2, -0.15) is 0 Å². The first-order valence-corrected chi connectivity index (χ1v) is 14.7. The van der Waals surface area contributed by atoms with E-state index in [0.717, 1.165) is 34.8 Å². The standard InChI is InChI=1S/C34H41N3O3/c1-3-4-5-6-7-8-9-10-11-14-19-35-33(39)26-18-17-25-23-32(38)29(22-27(25)21-26)34(40)37-31-20-24(2)36-30-16-13-12-15-28(30)31/h12-13,15-18,20-23,38H,3-11,14,19H2,1-2H3,(H,35,39)(H,36,37,40). The number of aromatic hydroxyl groups is 1.